The predicted molar refractivity (Wildman–Crippen MR) is 102 cm³/mol. The Balaban J connectivity index is 1.68. The monoisotopic (exact) mass is 372 g/mol. The van der Waals surface area contributed by atoms with Gasteiger partial charge in [-0.2, -0.15) is 0 Å². The number of rotatable bonds is 7. The Morgan fingerprint density at radius 2 is 1.85 bits per heavy atom. The fourth-order valence-electron chi connectivity index (χ4n) is 3.93. The number of urea groups is 1. The molecular formula is C20H28N4O3. The predicted octanol–water partition coefficient (Wildman–Crippen LogP) is 1.62. The molecular weight excluding hydrogens is 344 g/mol. The van der Waals surface area contributed by atoms with E-state index in [4.69, 9.17) is 5.73 Å². The maximum absolute atomic E-state index is 12.9. The second-order valence-electron chi connectivity index (χ2n) is 7.41. The summed E-state index contributed by atoms with van der Waals surface area (Å²) in [6.07, 6.45) is 4.90. The zero-order chi connectivity index (χ0) is 19.3. The largest absolute Gasteiger partial charge is 0.337 e. The molecule has 2 fully saturated rings. The van der Waals surface area contributed by atoms with E-state index in [2.05, 4.69) is 5.32 Å². The average Bonchev–Trinajstić information content (AvgIpc) is 2.90. The third kappa shape index (κ3) is 4.30. The first-order valence-electron chi connectivity index (χ1n) is 9.72. The number of nitrogens with two attached hydrogens (primary N) is 1. The van der Waals surface area contributed by atoms with E-state index >= 15 is 0 Å². The molecule has 1 spiro atoms. The number of nitrogens with zero attached hydrogens (tertiary/aromatic N) is 2. The van der Waals surface area contributed by atoms with Gasteiger partial charge in [0, 0.05) is 13.1 Å². The van der Waals surface area contributed by atoms with Crippen LogP contribution in [0, 0.1) is 0 Å². The smallest absolute Gasteiger partial charge is 0.325 e. The third-order valence-electron chi connectivity index (χ3n) is 5.45. The standard InChI is InChI=1S/C20H28N4O3/c21-12-7-13-23(14-16-8-3-1-4-9-16)17(25)15-24-18(26)20(22-19(24)27)10-5-2-6-11-20/h1,3-4,8-9H,2,5-7,10-15,21H2,(H,22,27). The maximum atomic E-state index is 12.9. The second kappa shape index (κ2) is 8.52. The van der Waals surface area contributed by atoms with Gasteiger partial charge in [0.15, 0.2) is 0 Å². The lowest BCUT2D eigenvalue weighted by Gasteiger charge is -2.30. The molecule has 1 heterocycles. The molecule has 0 unspecified atom stereocenters. The summed E-state index contributed by atoms with van der Waals surface area (Å²) in [5.41, 5.74) is 5.81. The van der Waals surface area contributed by atoms with Crippen LogP contribution in [-0.4, -0.2) is 52.8 Å². The van der Waals surface area contributed by atoms with Crippen molar-refractivity contribution in [1.29, 1.82) is 0 Å². The van der Waals surface area contributed by atoms with Crippen LogP contribution in [0.1, 0.15) is 44.1 Å². The summed E-state index contributed by atoms with van der Waals surface area (Å²) in [5, 5.41) is 2.85. The molecule has 0 aromatic heterocycles. The highest BCUT2D eigenvalue weighted by Gasteiger charge is 2.51. The molecule has 7 nitrogen and oxygen atoms in total. The number of benzene rings is 1. The topological polar surface area (TPSA) is 95.7 Å². The summed E-state index contributed by atoms with van der Waals surface area (Å²) in [6.45, 7) is 1.20. The minimum Gasteiger partial charge on any atom is -0.337 e. The van der Waals surface area contributed by atoms with Gasteiger partial charge in [0.2, 0.25) is 5.91 Å². The van der Waals surface area contributed by atoms with Crippen LogP contribution < -0.4 is 11.1 Å². The van der Waals surface area contributed by atoms with E-state index in [1.54, 1.807) is 4.90 Å². The van der Waals surface area contributed by atoms with Gasteiger partial charge in [-0.25, -0.2) is 4.79 Å². The zero-order valence-electron chi connectivity index (χ0n) is 15.7. The van der Waals surface area contributed by atoms with Gasteiger partial charge in [0.1, 0.15) is 12.1 Å². The van der Waals surface area contributed by atoms with Crippen LogP contribution in [-0.2, 0) is 16.1 Å². The summed E-state index contributed by atoms with van der Waals surface area (Å²) in [5.74, 6) is -0.484. The highest BCUT2D eigenvalue weighted by Crippen LogP contribution is 2.33. The van der Waals surface area contributed by atoms with Crippen molar-refractivity contribution in [2.45, 2.75) is 50.6 Å². The van der Waals surface area contributed by atoms with Crippen molar-refractivity contribution in [3.8, 4) is 0 Å². The van der Waals surface area contributed by atoms with Crippen LogP contribution >= 0.6 is 0 Å². The molecule has 3 N–H and O–H groups in total. The molecule has 1 aliphatic heterocycles. The van der Waals surface area contributed by atoms with Crippen molar-refractivity contribution in [3.63, 3.8) is 0 Å². The molecule has 1 aliphatic carbocycles. The fourth-order valence-corrected chi connectivity index (χ4v) is 3.93. The minimum atomic E-state index is -0.795. The van der Waals surface area contributed by atoms with E-state index in [1.807, 2.05) is 30.3 Å². The number of imide groups is 1. The number of hydrogen-bond donors (Lipinski definition) is 2. The van der Waals surface area contributed by atoms with E-state index < -0.39 is 11.6 Å². The Morgan fingerprint density at radius 1 is 1.15 bits per heavy atom. The van der Waals surface area contributed by atoms with Crippen molar-refractivity contribution in [2.24, 2.45) is 5.73 Å². The van der Waals surface area contributed by atoms with Crippen molar-refractivity contribution in [2.75, 3.05) is 19.6 Å². The summed E-state index contributed by atoms with van der Waals surface area (Å²) in [4.78, 5) is 40.9. The van der Waals surface area contributed by atoms with Crippen LogP contribution in [0.2, 0.25) is 0 Å². The van der Waals surface area contributed by atoms with Crippen LogP contribution in [0.5, 0.6) is 0 Å². The normalized spacial score (nSPS) is 18.6. The van der Waals surface area contributed by atoms with Crippen LogP contribution in [0.15, 0.2) is 30.3 Å². The third-order valence-corrected chi connectivity index (χ3v) is 5.45. The van der Waals surface area contributed by atoms with Crippen molar-refractivity contribution < 1.29 is 14.4 Å². The molecule has 1 saturated carbocycles. The van der Waals surface area contributed by atoms with Crippen LogP contribution in [0.25, 0.3) is 0 Å². The van der Waals surface area contributed by atoms with Gasteiger partial charge in [0.05, 0.1) is 0 Å². The highest BCUT2D eigenvalue weighted by molar-refractivity contribution is 6.09. The Kier molecular flexibility index (Phi) is 6.11. The van der Waals surface area contributed by atoms with Gasteiger partial charge in [-0.3, -0.25) is 14.5 Å². The number of hydrogen-bond acceptors (Lipinski definition) is 4. The van der Waals surface area contributed by atoms with Gasteiger partial charge in [0.25, 0.3) is 5.91 Å². The Hall–Kier alpha value is -2.41. The molecule has 0 radical (unpaired) electrons. The van der Waals surface area contributed by atoms with Gasteiger partial charge >= 0.3 is 6.03 Å². The first-order valence-corrected chi connectivity index (χ1v) is 9.72. The number of amides is 4. The SMILES string of the molecule is NCCCN(Cc1ccccc1)C(=O)CN1C(=O)NC2(CCCCC2)C1=O. The Morgan fingerprint density at radius 3 is 2.52 bits per heavy atom. The average molecular weight is 372 g/mol. The van der Waals surface area contributed by atoms with Gasteiger partial charge in [-0.15, -0.1) is 0 Å². The molecule has 4 amide bonds. The molecule has 1 saturated heterocycles. The summed E-state index contributed by atoms with van der Waals surface area (Å²) < 4.78 is 0. The van der Waals surface area contributed by atoms with E-state index in [-0.39, 0.29) is 18.4 Å². The van der Waals surface area contributed by atoms with Crippen molar-refractivity contribution in [1.82, 2.24) is 15.1 Å². The van der Waals surface area contributed by atoms with Crippen LogP contribution in [0.3, 0.4) is 0 Å². The van der Waals surface area contributed by atoms with Gasteiger partial charge in [-0.05, 0) is 31.4 Å². The first kappa shape index (κ1) is 19.4. The van der Waals surface area contributed by atoms with Crippen molar-refractivity contribution in [3.05, 3.63) is 35.9 Å². The van der Waals surface area contributed by atoms with Gasteiger partial charge in [-0.1, -0.05) is 49.6 Å². The summed E-state index contributed by atoms with van der Waals surface area (Å²) in [7, 11) is 0. The molecule has 146 valence electrons. The zero-order valence-corrected chi connectivity index (χ0v) is 15.7. The highest BCUT2D eigenvalue weighted by atomic mass is 16.2. The van der Waals surface area contributed by atoms with Crippen LogP contribution in [0.4, 0.5) is 4.79 Å². The molecule has 7 heteroatoms. The molecule has 0 atom stereocenters. The summed E-state index contributed by atoms with van der Waals surface area (Å²) >= 11 is 0. The van der Waals surface area contributed by atoms with E-state index in [1.165, 1.54) is 0 Å². The molecule has 27 heavy (non-hydrogen) atoms. The number of carbonyl (C=O) groups is 3. The number of carbonyl (C=O) groups excluding carboxylic acids is 3. The molecule has 1 aromatic rings. The van der Waals surface area contributed by atoms with E-state index in [0.717, 1.165) is 29.7 Å². The molecule has 3 rings (SSSR count). The lowest BCUT2D eigenvalue weighted by atomic mass is 9.82. The Labute approximate surface area is 159 Å². The Bertz CT molecular complexity index is 686. The molecule has 2 aliphatic rings. The molecule has 1 aromatic carbocycles. The lowest BCUT2D eigenvalue weighted by Crippen LogP contribution is -2.49. The minimum absolute atomic E-state index is 0.218. The van der Waals surface area contributed by atoms with Crippen molar-refractivity contribution >= 4 is 17.8 Å². The maximum Gasteiger partial charge on any atom is 0.325 e. The lowest BCUT2D eigenvalue weighted by molar-refractivity contribution is -0.139. The second-order valence-corrected chi connectivity index (χ2v) is 7.41. The fraction of sp³-hybridized carbons (Fsp3) is 0.550. The van der Waals surface area contributed by atoms with Gasteiger partial charge < -0.3 is 16.0 Å². The molecule has 0 bridgehead atoms. The summed E-state index contributed by atoms with van der Waals surface area (Å²) in [6, 6.07) is 9.22. The van der Waals surface area contributed by atoms with E-state index in [0.29, 0.717) is 38.9 Å². The number of nitrogens with one attached hydrogen (secondary N) is 1. The van der Waals surface area contributed by atoms with E-state index in [9.17, 15) is 14.4 Å². The quantitative estimate of drug-likeness (QED) is 0.711. The first-order chi connectivity index (χ1) is 13.1.